The van der Waals surface area contributed by atoms with Crippen LogP contribution in [-0.2, 0) is 19.6 Å². The van der Waals surface area contributed by atoms with Gasteiger partial charge in [-0.15, -0.1) is 0 Å². The minimum atomic E-state index is -3.68. The molecule has 16 heavy (non-hydrogen) atoms. The lowest BCUT2D eigenvalue weighted by molar-refractivity contribution is -0.139. The molecule has 0 aromatic heterocycles. The monoisotopic (exact) mass is 253 g/mol. The number of rotatable bonds is 7. The molecule has 96 valence electrons. The SMILES string of the molecule is CCOC(=O)CS(=O)(=O)NC(C)CC(C)O. The highest BCUT2D eigenvalue weighted by Gasteiger charge is 2.20. The number of carbonyl (C=O) groups is 1. The summed E-state index contributed by atoms with van der Waals surface area (Å²) < 4.78 is 29.6. The molecule has 0 spiro atoms. The number of carbonyl (C=O) groups excluding carboxylic acids is 1. The third-order valence-corrected chi connectivity index (χ3v) is 3.07. The fourth-order valence-corrected chi connectivity index (χ4v) is 2.45. The Morgan fingerprint density at radius 1 is 1.44 bits per heavy atom. The zero-order chi connectivity index (χ0) is 12.8. The number of aliphatic hydroxyl groups is 1. The van der Waals surface area contributed by atoms with Crippen LogP contribution in [0.3, 0.4) is 0 Å². The molecule has 7 heteroatoms. The molecule has 2 N–H and O–H groups in total. The highest BCUT2D eigenvalue weighted by atomic mass is 32.2. The first kappa shape index (κ1) is 15.3. The lowest BCUT2D eigenvalue weighted by Crippen LogP contribution is -2.38. The lowest BCUT2D eigenvalue weighted by atomic mass is 10.2. The standard InChI is InChI=1S/C9H19NO5S/c1-4-15-9(12)6-16(13,14)10-7(2)5-8(3)11/h7-8,10-11H,4-6H2,1-3H3. The minimum Gasteiger partial charge on any atom is -0.465 e. The first-order valence-corrected chi connectivity index (χ1v) is 6.75. The zero-order valence-corrected chi connectivity index (χ0v) is 10.6. The van der Waals surface area contributed by atoms with Crippen LogP contribution in [0.25, 0.3) is 0 Å². The second kappa shape index (κ2) is 6.82. The summed E-state index contributed by atoms with van der Waals surface area (Å²) in [5, 5.41) is 9.06. The average molecular weight is 253 g/mol. The summed E-state index contributed by atoms with van der Waals surface area (Å²) in [5.41, 5.74) is 0. The third-order valence-electron chi connectivity index (χ3n) is 1.69. The number of ether oxygens (including phenoxy) is 1. The Balaban J connectivity index is 4.19. The van der Waals surface area contributed by atoms with Gasteiger partial charge < -0.3 is 9.84 Å². The molecule has 0 saturated carbocycles. The van der Waals surface area contributed by atoms with E-state index in [1.807, 2.05) is 0 Å². The van der Waals surface area contributed by atoms with E-state index in [9.17, 15) is 13.2 Å². The Morgan fingerprint density at radius 2 is 2.00 bits per heavy atom. The van der Waals surface area contributed by atoms with Gasteiger partial charge >= 0.3 is 5.97 Å². The van der Waals surface area contributed by atoms with Gasteiger partial charge in [-0.1, -0.05) is 0 Å². The summed E-state index contributed by atoms with van der Waals surface area (Å²) in [6.45, 7) is 4.94. The van der Waals surface area contributed by atoms with Gasteiger partial charge in [-0.25, -0.2) is 13.1 Å². The normalized spacial score (nSPS) is 15.5. The van der Waals surface area contributed by atoms with Crippen LogP contribution < -0.4 is 4.72 Å². The molecule has 0 heterocycles. The van der Waals surface area contributed by atoms with E-state index in [1.54, 1.807) is 20.8 Å². The molecule has 0 aromatic carbocycles. The second-order valence-electron chi connectivity index (χ2n) is 3.67. The average Bonchev–Trinajstić information content (AvgIpc) is 1.98. The number of esters is 1. The van der Waals surface area contributed by atoms with Crippen molar-refractivity contribution in [1.29, 1.82) is 0 Å². The summed E-state index contributed by atoms with van der Waals surface area (Å²) in [5.74, 6) is -1.47. The van der Waals surface area contributed by atoms with Gasteiger partial charge in [0.1, 0.15) is 0 Å². The van der Waals surface area contributed by atoms with E-state index >= 15 is 0 Å². The smallest absolute Gasteiger partial charge is 0.322 e. The van der Waals surface area contributed by atoms with Gasteiger partial charge in [0.05, 0.1) is 12.7 Å². The third kappa shape index (κ3) is 7.61. The van der Waals surface area contributed by atoms with Crippen molar-refractivity contribution >= 4 is 16.0 Å². The van der Waals surface area contributed by atoms with Gasteiger partial charge in [0.2, 0.25) is 10.0 Å². The van der Waals surface area contributed by atoms with Gasteiger partial charge in [0, 0.05) is 6.04 Å². The summed E-state index contributed by atoms with van der Waals surface area (Å²) in [6, 6.07) is -0.417. The number of hydrogen-bond acceptors (Lipinski definition) is 5. The number of sulfonamides is 1. The van der Waals surface area contributed by atoms with Crippen LogP contribution in [0.15, 0.2) is 0 Å². The van der Waals surface area contributed by atoms with Crippen molar-refractivity contribution in [2.24, 2.45) is 0 Å². The van der Waals surface area contributed by atoms with Crippen molar-refractivity contribution < 1.29 is 23.1 Å². The van der Waals surface area contributed by atoms with Crippen LogP contribution in [-0.4, -0.2) is 44.0 Å². The summed E-state index contributed by atoms with van der Waals surface area (Å²) >= 11 is 0. The molecule has 0 saturated heterocycles. The number of nitrogens with one attached hydrogen (secondary N) is 1. The molecular weight excluding hydrogens is 234 g/mol. The van der Waals surface area contributed by atoms with E-state index in [2.05, 4.69) is 9.46 Å². The highest BCUT2D eigenvalue weighted by molar-refractivity contribution is 7.90. The molecule has 0 rings (SSSR count). The van der Waals surface area contributed by atoms with Crippen molar-refractivity contribution in [3.05, 3.63) is 0 Å². The van der Waals surface area contributed by atoms with E-state index < -0.39 is 33.9 Å². The van der Waals surface area contributed by atoms with Crippen molar-refractivity contribution in [2.45, 2.75) is 39.3 Å². The molecule has 6 nitrogen and oxygen atoms in total. The Morgan fingerprint density at radius 3 is 2.44 bits per heavy atom. The van der Waals surface area contributed by atoms with Crippen LogP contribution in [0.1, 0.15) is 27.2 Å². The molecule has 0 aliphatic rings. The van der Waals surface area contributed by atoms with Gasteiger partial charge in [-0.2, -0.15) is 0 Å². The Bertz CT molecular complexity index is 312. The zero-order valence-electron chi connectivity index (χ0n) is 9.76. The summed E-state index contributed by atoms with van der Waals surface area (Å²) in [4.78, 5) is 11.0. The largest absolute Gasteiger partial charge is 0.465 e. The van der Waals surface area contributed by atoms with Crippen LogP contribution in [0.5, 0.6) is 0 Å². The quantitative estimate of drug-likeness (QED) is 0.604. The first-order valence-electron chi connectivity index (χ1n) is 5.10. The molecule has 0 bridgehead atoms. The van der Waals surface area contributed by atoms with Crippen molar-refractivity contribution in [3.63, 3.8) is 0 Å². The van der Waals surface area contributed by atoms with Crippen LogP contribution in [0.4, 0.5) is 0 Å². The van der Waals surface area contributed by atoms with E-state index in [4.69, 9.17) is 5.11 Å². The van der Waals surface area contributed by atoms with Gasteiger partial charge in [0.25, 0.3) is 0 Å². The van der Waals surface area contributed by atoms with Gasteiger partial charge in [0.15, 0.2) is 5.75 Å². The minimum absolute atomic E-state index is 0.150. The predicted octanol–water partition coefficient (Wildman–Crippen LogP) is -0.372. The lowest BCUT2D eigenvalue weighted by Gasteiger charge is -2.15. The second-order valence-corrected chi connectivity index (χ2v) is 5.42. The van der Waals surface area contributed by atoms with Gasteiger partial charge in [-0.05, 0) is 27.2 Å². The number of hydrogen-bond donors (Lipinski definition) is 2. The first-order chi connectivity index (χ1) is 7.26. The summed E-state index contributed by atoms with van der Waals surface area (Å²) in [7, 11) is -3.68. The van der Waals surface area contributed by atoms with Crippen molar-refractivity contribution in [1.82, 2.24) is 4.72 Å². The Kier molecular flexibility index (Phi) is 6.54. The van der Waals surface area contributed by atoms with E-state index in [1.165, 1.54) is 0 Å². The van der Waals surface area contributed by atoms with Crippen molar-refractivity contribution in [3.8, 4) is 0 Å². The van der Waals surface area contributed by atoms with Crippen LogP contribution in [0.2, 0.25) is 0 Å². The Hall–Kier alpha value is -0.660. The molecule has 2 atom stereocenters. The molecule has 2 unspecified atom stereocenters. The van der Waals surface area contributed by atoms with Crippen LogP contribution in [0, 0.1) is 0 Å². The van der Waals surface area contributed by atoms with E-state index in [-0.39, 0.29) is 6.61 Å². The van der Waals surface area contributed by atoms with Crippen LogP contribution >= 0.6 is 0 Å². The Labute approximate surface area is 96.0 Å². The topological polar surface area (TPSA) is 92.7 Å². The maximum atomic E-state index is 11.4. The highest BCUT2D eigenvalue weighted by Crippen LogP contribution is 1.99. The molecule has 0 amide bonds. The maximum Gasteiger partial charge on any atom is 0.322 e. The maximum absolute atomic E-state index is 11.4. The molecular formula is C9H19NO5S. The molecule has 0 aliphatic heterocycles. The molecule has 0 aliphatic carbocycles. The summed E-state index contributed by atoms with van der Waals surface area (Å²) in [6.07, 6.45) is -0.303. The molecule has 0 aromatic rings. The number of aliphatic hydroxyl groups excluding tert-OH is 1. The molecule has 0 fully saturated rings. The van der Waals surface area contributed by atoms with E-state index in [0.29, 0.717) is 6.42 Å². The fourth-order valence-electron chi connectivity index (χ4n) is 1.27. The fraction of sp³-hybridized carbons (Fsp3) is 0.889. The predicted molar refractivity (Wildman–Crippen MR) is 59.3 cm³/mol. The van der Waals surface area contributed by atoms with E-state index in [0.717, 1.165) is 0 Å². The van der Waals surface area contributed by atoms with Gasteiger partial charge in [-0.3, -0.25) is 4.79 Å². The molecule has 0 radical (unpaired) electrons. The van der Waals surface area contributed by atoms with Crippen molar-refractivity contribution in [2.75, 3.05) is 12.4 Å².